The van der Waals surface area contributed by atoms with Gasteiger partial charge < -0.3 is 4.90 Å². The first-order valence-electron chi connectivity index (χ1n) is 10.4. The Kier molecular flexibility index (Phi) is 7.14. The Morgan fingerprint density at radius 2 is 1.83 bits per heavy atom. The van der Waals surface area contributed by atoms with E-state index in [1.165, 1.54) is 14.7 Å². The van der Waals surface area contributed by atoms with Crippen molar-refractivity contribution in [2.24, 2.45) is 0 Å². The molecule has 29 heavy (non-hydrogen) atoms. The molecule has 0 fully saturated rings. The number of benzene rings is 1. The lowest BCUT2D eigenvalue weighted by Gasteiger charge is -2.35. The van der Waals surface area contributed by atoms with E-state index in [4.69, 9.17) is 0 Å². The van der Waals surface area contributed by atoms with Crippen LogP contribution in [0.1, 0.15) is 55.7 Å². The first kappa shape index (κ1) is 22.0. The van der Waals surface area contributed by atoms with Crippen LogP contribution in [0, 0.1) is 0 Å². The van der Waals surface area contributed by atoms with E-state index >= 15 is 0 Å². The average molecular weight is 435 g/mol. The standard InChI is InChI=1S/C22H30N2O3S2/c1-4-20-19-14-16-28-21(19)13-15-24(20)22(25)12-9-17-7-10-18(11-8-17)29(26,27)23(5-2)6-3/h7-8,10-11,14,16,20H,4-6,9,12-13,15H2,1-3H3. The van der Waals surface area contributed by atoms with Gasteiger partial charge in [-0.05, 0) is 54.0 Å². The molecule has 0 radical (unpaired) electrons. The molecule has 0 spiro atoms. The summed E-state index contributed by atoms with van der Waals surface area (Å²) in [6.45, 7) is 7.50. The van der Waals surface area contributed by atoms with Gasteiger partial charge in [0.25, 0.3) is 0 Å². The summed E-state index contributed by atoms with van der Waals surface area (Å²) in [4.78, 5) is 16.6. The summed E-state index contributed by atoms with van der Waals surface area (Å²) in [7, 11) is -3.44. The van der Waals surface area contributed by atoms with E-state index in [-0.39, 0.29) is 11.9 Å². The lowest BCUT2D eigenvalue weighted by atomic mass is 9.97. The van der Waals surface area contributed by atoms with Gasteiger partial charge in [-0.1, -0.05) is 32.9 Å². The maximum Gasteiger partial charge on any atom is 0.243 e. The zero-order chi connectivity index (χ0) is 21.0. The molecule has 1 unspecified atom stereocenters. The van der Waals surface area contributed by atoms with Crippen LogP contribution in [0.25, 0.3) is 0 Å². The van der Waals surface area contributed by atoms with Crippen LogP contribution in [0.15, 0.2) is 40.6 Å². The van der Waals surface area contributed by atoms with Gasteiger partial charge in [-0.25, -0.2) is 8.42 Å². The number of nitrogens with zero attached hydrogens (tertiary/aromatic N) is 2. The zero-order valence-corrected chi connectivity index (χ0v) is 19.1. The Bertz CT molecular complexity index is 931. The largest absolute Gasteiger partial charge is 0.335 e. The van der Waals surface area contributed by atoms with Gasteiger partial charge in [0.2, 0.25) is 15.9 Å². The van der Waals surface area contributed by atoms with Gasteiger partial charge in [-0.3, -0.25) is 4.79 Å². The molecule has 0 saturated carbocycles. The third-order valence-electron chi connectivity index (χ3n) is 5.70. The van der Waals surface area contributed by atoms with E-state index in [9.17, 15) is 13.2 Å². The van der Waals surface area contributed by atoms with Gasteiger partial charge in [0.15, 0.2) is 0 Å². The molecule has 1 aromatic heterocycles. The topological polar surface area (TPSA) is 57.7 Å². The maximum absolute atomic E-state index is 12.9. The SMILES string of the molecule is CCC1c2ccsc2CCN1C(=O)CCc1ccc(S(=O)(=O)N(CC)CC)cc1. The predicted molar refractivity (Wildman–Crippen MR) is 118 cm³/mol. The van der Waals surface area contributed by atoms with Gasteiger partial charge >= 0.3 is 0 Å². The van der Waals surface area contributed by atoms with Crippen LogP contribution in [0.5, 0.6) is 0 Å². The number of carbonyl (C=O) groups excluding carboxylic acids is 1. The van der Waals surface area contributed by atoms with E-state index < -0.39 is 10.0 Å². The normalized spacial score (nSPS) is 16.8. The summed E-state index contributed by atoms with van der Waals surface area (Å²) in [6.07, 6.45) is 2.92. The number of amides is 1. The molecule has 0 bridgehead atoms. The first-order valence-corrected chi connectivity index (χ1v) is 12.7. The first-order chi connectivity index (χ1) is 13.9. The minimum Gasteiger partial charge on any atom is -0.335 e. The molecule has 2 aromatic rings. The van der Waals surface area contributed by atoms with Crippen molar-refractivity contribution >= 4 is 27.3 Å². The van der Waals surface area contributed by atoms with E-state index in [2.05, 4.69) is 18.4 Å². The van der Waals surface area contributed by atoms with Gasteiger partial charge in [0.1, 0.15) is 0 Å². The number of fused-ring (bicyclic) bond motifs is 1. The molecule has 1 aromatic carbocycles. The Balaban J connectivity index is 1.64. The number of thiophene rings is 1. The highest BCUT2D eigenvalue weighted by Crippen LogP contribution is 2.35. The minimum absolute atomic E-state index is 0.175. The van der Waals surface area contributed by atoms with Crippen LogP contribution < -0.4 is 0 Å². The molecule has 2 heterocycles. The molecule has 3 rings (SSSR count). The monoisotopic (exact) mass is 434 g/mol. The van der Waals surface area contributed by atoms with Crippen molar-refractivity contribution in [3.8, 4) is 0 Å². The molecule has 1 aliphatic heterocycles. The van der Waals surface area contributed by atoms with Crippen LogP contribution in [0.2, 0.25) is 0 Å². The number of carbonyl (C=O) groups is 1. The van der Waals surface area contributed by atoms with Gasteiger partial charge in [-0.15, -0.1) is 11.3 Å². The molecular weight excluding hydrogens is 404 g/mol. The molecule has 5 nitrogen and oxygen atoms in total. The summed E-state index contributed by atoms with van der Waals surface area (Å²) < 4.78 is 26.6. The fraction of sp³-hybridized carbons (Fsp3) is 0.500. The smallest absolute Gasteiger partial charge is 0.243 e. The third-order valence-corrected chi connectivity index (χ3v) is 8.76. The minimum atomic E-state index is -3.44. The fourth-order valence-corrected chi connectivity index (χ4v) is 6.46. The quantitative estimate of drug-likeness (QED) is 0.624. The van der Waals surface area contributed by atoms with Crippen molar-refractivity contribution in [3.63, 3.8) is 0 Å². The van der Waals surface area contributed by atoms with E-state index in [1.807, 2.05) is 30.9 Å². The summed E-state index contributed by atoms with van der Waals surface area (Å²) in [6, 6.07) is 9.30. The maximum atomic E-state index is 12.9. The molecule has 1 amide bonds. The Morgan fingerprint density at radius 3 is 2.45 bits per heavy atom. The second-order valence-corrected chi connectivity index (χ2v) is 10.2. The van der Waals surface area contributed by atoms with E-state index in [0.29, 0.717) is 30.8 Å². The van der Waals surface area contributed by atoms with E-state index in [1.54, 1.807) is 23.5 Å². The number of hydrogen-bond acceptors (Lipinski definition) is 4. The third kappa shape index (κ3) is 4.57. The second kappa shape index (κ2) is 9.41. The molecular formula is C22H30N2O3S2. The molecule has 1 aliphatic rings. The van der Waals surface area contributed by atoms with Gasteiger partial charge in [0.05, 0.1) is 10.9 Å². The Morgan fingerprint density at radius 1 is 1.14 bits per heavy atom. The fourth-order valence-electron chi connectivity index (χ4n) is 4.07. The Hall–Kier alpha value is -1.70. The second-order valence-electron chi connectivity index (χ2n) is 7.29. The molecule has 0 saturated heterocycles. The van der Waals surface area contributed by atoms with Crippen LogP contribution in [-0.2, 0) is 27.7 Å². The van der Waals surface area contributed by atoms with E-state index in [0.717, 1.165) is 24.9 Å². The number of hydrogen-bond donors (Lipinski definition) is 0. The zero-order valence-electron chi connectivity index (χ0n) is 17.4. The van der Waals surface area contributed by atoms with Gasteiger partial charge in [0, 0.05) is 30.9 Å². The highest BCUT2D eigenvalue weighted by molar-refractivity contribution is 7.89. The van der Waals surface area contributed by atoms with Crippen molar-refractivity contribution in [2.75, 3.05) is 19.6 Å². The van der Waals surface area contributed by atoms with Crippen LogP contribution >= 0.6 is 11.3 Å². The van der Waals surface area contributed by atoms with Crippen LogP contribution in [0.4, 0.5) is 0 Å². The molecule has 0 N–H and O–H groups in total. The highest BCUT2D eigenvalue weighted by Gasteiger charge is 2.30. The average Bonchev–Trinajstić information content (AvgIpc) is 3.21. The highest BCUT2D eigenvalue weighted by atomic mass is 32.2. The summed E-state index contributed by atoms with van der Waals surface area (Å²) in [5, 5.41) is 2.12. The van der Waals surface area contributed by atoms with Crippen molar-refractivity contribution in [1.82, 2.24) is 9.21 Å². The van der Waals surface area contributed by atoms with Crippen LogP contribution in [-0.4, -0.2) is 43.2 Å². The summed E-state index contributed by atoms with van der Waals surface area (Å²) in [5.41, 5.74) is 2.29. The van der Waals surface area contributed by atoms with Crippen LogP contribution in [0.3, 0.4) is 0 Å². The lowest BCUT2D eigenvalue weighted by molar-refractivity contribution is -0.134. The molecule has 1 atom stereocenters. The van der Waals surface area contributed by atoms with Crippen molar-refractivity contribution in [3.05, 3.63) is 51.7 Å². The number of sulfonamides is 1. The number of rotatable bonds is 8. The van der Waals surface area contributed by atoms with Crippen molar-refractivity contribution < 1.29 is 13.2 Å². The summed E-state index contributed by atoms with van der Waals surface area (Å²) in [5.74, 6) is 0.175. The van der Waals surface area contributed by atoms with Gasteiger partial charge in [-0.2, -0.15) is 4.31 Å². The van der Waals surface area contributed by atoms with Crippen molar-refractivity contribution in [1.29, 1.82) is 0 Å². The summed E-state index contributed by atoms with van der Waals surface area (Å²) >= 11 is 1.79. The molecule has 7 heteroatoms. The van der Waals surface area contributed by atoms with Crippen molar-refractivity contribution in [2.45, 2.75) is 57.4 Å². The lowest BCUT2D eigenvalue weighted by Crippen LogP contribution is -2.39. The predicted octanol–water partition coefficient (Wildman–Crippen LogP) is 4.25. The Labute approximate surface area is 178 Å². The molecule has 0 aliphatic carbocycles. The molecule has 158 valence electrons. The number of aryl methyl sites for hydroxylation is 1.